The lowest BCUT2D eigenvalue weighted by molar-refractivity contribution is 0.271. The van der Waals surface area contributed by atoms with Crippen molar-refractivity contribution in [2.45, 2.75) is 19.8 Å². The Morgan fingerprint density at radius 1 is 1.11 bits per heavy atom. The van der Waals surface area contributed by atoms with Crippen molar-refractivity contribution in [2.75, 3.05) is 13.2 Å². The van der Waals surface area contributed by atoms with Gasteiger partial charge >= 0.3 is 0 Å². The minimum Gasteiger partial charge on any atom is -0.493 e. The minimum atomic E-state index is 0.0972. The van der Waals surface area contributed by atoms with Gasteiger partial charge in [0.05, 0.1) is 12.5 Å². The Balaban J connectivity index is 1.97. The molecule has 0 radical (unpaired) electrons. The summed E-state index contributed by atoms with van der Waals surface area (Å²) in [5, 5.41) is 0. The fraction of sp³-hybridized carbons (Fsp3) is 0.333. The quantitative estimate of drug-likeness (QED) is 0.880. The highest BCUT2D eigenvalue weighted by atomic mass is 16.5. The molecule has 0 amide bonds. The SMILES string of the molecule is Cc1ccc(OCC(CN)c2ccc(C)o2)cc1. The molecule has 0 spiro atoms. The van der Waals surface area contributed by atoms with Gasteiger partial charge in [-0.2, -0.15) is 0 Å². The van der Waals surface area contributed by atoms with Crippen molar-refractivity contribution in [3.8, 4) is 5.75 Å². The van der Waals surface area contributed by atoms with Crippen molar-refractivity contribution in [1.82, 2.24) is 0 Å². The van der Waals surface area contributed by atoms with Crippen LogP contribution in [0.5, 0.6) is 5.75 Å². The van der Waals surface area contributed by atoms with Gasteiger partial charge in [0, 0.05) is 6.54 Å². The van der Waals surface area contributed by atoms with Crippen LogP contribution < -0.4 is 10.5 Å². The van der Waals surface area contributed by atoms with Crippen LogP contribution in [0.1, 0.15) is 23.0 Å². The summed E-state index contributed by atoms with van der Waals surface area (Å²) < 4.78 is 11.3. The second-order valence-electron chi connectivity index (χ2n) is 4.51. The number of aryl methyl sites for hydroxylation is 2. The van der Waals surface area contributed by atoms with E-state index in [1.807, 2.05) is 43.3 Å². The molecule has 0 aliphatic rings. The van der Waals surface area contributed by atoms with Crippen LogP contribution in [0.15, 0.2) is 40.8 Å². The first-order chi connectivity index (χ1) is 8.69. The number of nitrogens with two attached hydrogens (primary N) is 1. The predicted molar refractivity (Wildman–Crippen MR) is 71.9 cm³/mol. The first-order valence-corrected chi connectivity index (χ1v) is 6.15. The van der Waals surface area contributed by atoms with Gasteiger partial charge in [0.15, 0.2) is 0 Å². The molecule has 1 unspecified atom stereocenters. The normalized spacial score (nSPS) is 12.4. The van der Waals surface area contributed by atoms with E-state index in [0.717, 1.165) is 17.3 Å². The van der Waals surface area contributed by atoms with Gasteiger partial charge in [0.25, 0.3) is 0 Å². The largest absolute Gasteiger partial charge is 0.493 e. The average molecular weight is 245 g/mol. The fourth-order valence-corrected chi connectivity index (χ4v) is 1.77. The van der Waals surface area contributed by atoms with Crippen LogP contribution in [0.25, 0.3) is 0 Å². The Morgan fingerprint density at radius 2 is 1.83 bits per heavy atom. The highest BCUT2D eigenvalue weighted by molar-refractivity contribution is 5.26. The average Bonchev–Trinajstić information content (AvgIpc) is 2.79. The summed E-state index contributed by atoms with van der Waals surface area (Å²) in [5.74, 6) is 2.75. The molecule has 1 aromatic heterocycles. The van der Waals surface area contributed by atoms with Gasteiger partial charge in [-0.1, -0.05) is 17.7 Å². The van der Waals surface area contributed by atoms with E-state index in [-0.39, 0.29) is 5.92 Å². The van der Waals surface area contributed by atoms with Crippen LogP contribution in [-0.4, -0.2) is 13.2 Å². The third-order valence-corrected chi connectivity index (χ3v) is 2.92. The molecule has 2 aromatic rings. The molecule has 0 aliphatic heterocycles. The van der Waals surface area contributed by atoms with Crippen LogP contribution in [-0.2, 0) is 0 Å². The number of hydrogen-bond donors (Lipinski definition) is 1. The van der Waals surface area contributed by atoms with Crippen molar-refractivity contribution in [3.05, 3.63) is 53.5 Å². The number of hydrogen-bond acceptors (Lipinski definition) is 3. The molecule has 3 nitrogen and oxygen atoms in total. The lowest BCUT2D eigenvalue weighted by Crippen LogP contribution is -2.19. The second kappa shape index (κ2) is 5.74. The molecule has 0 aliphatic carbocycles. The van der Waals surface area contributed by atoms with Crippen LogP contribution in [0.2, 0.25) is 0 Å². The highest BCUT2D eigenvalue weighted by Gasteiger charge is 2.14. The van der Waals surface area contributed by atoms with Gasteiger partial charge < -0.3 is 14.9 Å². The molecule has 0 saturated heterocycles. The van der Waals surface area contributed by atoms with E-state index in [9.17, 15) is 0 Å². The molecule has 96 valence electrons. The van der Waals surface area contributed by atoms with Gasteiger partial charge in [-0.05, 0) is 38.1 Å². The monoisotopic (exact) mass is 245 g/mol. The topological polar surface area (TPSA) is 48.4 Å². The maximum atomic E-state index is 5.76. The summed E-state index contributed by atoms with van der Waals surface area (Å²) in [4.78, 5) is 0. The first-order valence-electron chi connectivity index (χ1n) is 6.15. The molecule has 1 heterocycles. The Bertz CT molecular complexity index is 487. The molecule has 18 heavy (non-hydrogen) atoms. The van der Waals surface area contributed by atoms with Crippen molar-refractivity contribution in [3.63, 3.8) is 0 Å². The van der Waals surface area contributed by atoms with E-state index in [4.69, 9.17) is 14.9 Å². The minimum absolute atomic E-state index is 0.0972. The van der Waals surface area contributed by atoms with E-state index >= 15 is 0 Å². The summed E-state index contributed by atoms with van der Waals surface area (Å²) in [7, 11) is 0. The third kappa shape index (κ3) is 3.14. The van der Waals surface area contributed by atoms with E-state index < -0.39 is 0 Å². The van der Waals surface area contributed by atoms with E-state index in [1.54, 1.807) is 0 Å². The third-order valence-electron chi connectivity index (χ3n) is 2.92. The van der Waals surface area contributed by atoms with E-state index in [1.165, 1.54) is 5.56 Å². The molecule has 1 atom stereocenters. The Labute approximate surface area is 108 Å². The number of furan rings is 1. The maximum absolute atomic E-state index is 5.76. The molecule has 1 aromatic carbocycles. The molecular formula is C15H19NO2. The summed E-state index contributed by atoms with van der Waals surface area (Å²) >= 11 is 0. The molecule has 0 fully saturated rings. The van der Waals surface area contributed by atoms with Crippen molar-refractivity contribution < 1.29 is 9.15 Å². The van der Waals surface area contributed by atoms with Crippen LogP contribution >= 0.6 is 0 Å². The second-order valence-corrected chi connectivity index (χ2v) is 4.51. The van der Waals surface area contributed by atoms with Crippen LogP contribution in [0.4, 0.5) is 0 Å². The molecular weight excluding hydrogens is 226 g/mol. The number of benzene rings is 1. The van der Waals surface area contributed by atoms with Crippen molar-refractivity contribution in [1.29, 1.82) is 0 Å². The summed E-state index contributed by atoms with van der Waals surface area (Å²) in [6.07, 6.45) is 0. The predicted octanol–water partition coefficient (Wildman–Crippen LogP) is 3.02. The lowest BCUT2D eigenvalue weighted by Gasteiger charge is -2.13. The Kier molecular flexibility index (Phi) is 4.05. The van der Waals surface area contributed by atoms with Gasteiger partial charge in [-0.25, -0.2) is 0 Å². The number of ether oxygens (including phenoxy) is 1. The highest BCUT2D eigenvalue weighted by Crippen LogP contribution is 2.20. The summed E-state index contributed by atoms with van der Waals surface area (Å²) in [6, 6.07) is 11.9. The maximum Gasteiger partial charge on any atom is 0.119 e. The smallest absolute Gasteiger partial charge is 0.119 e. The van der Waals surface area contributed by atoms with E-state index in [0.29, 0.717) is 13.2 Å². The Morgan fingerprint density at radius 3 is 2.39 bits per heavy atom. The van der Waals surface area contributed by atoms with Gasteiger partial charge in [-0.15, -0.1) is 0 Å². The zero-order valence-electron chi connectivity index (χ0n) is 10.8. The standard InChI is InChI=1S/C15H19NO2/c1-11-3-6-14(7-4-11)17-10-13(9-16)15-8-5-12(2)18-15/h3-8,13H,9-10,16H2,1-2H3. The molecule has 2 N–H and O–H groups in total. The molecule has 2 rings (SSSR count). The number of rotatable bonds is 5. The zero-order chi connectivity index (χ0) is 13.0. The first kappa shape index (κ1) is 12.7. The van der Waals surface area contributed by atoms with Crippen molar-refractivity contribution >= 4 is 0 Å². The van der Waals surface area contributed by atoms with Crippen LogP contribution in [0, 0.1) is 13.8 Å². The summed E-state index contributed by atoms with van der Waals surface area (Å²) in [6.45, 7) is 5.03. The lowest BCUT2D eigenvalue weighted by atomic mass is 10.1. The fourth-order valence-electron chi connectivity index (χ4n) is 1.77. The Hall–Kier alpha value is -1.74. The summed E-state index contributed by atoms with van der Waals surface area (Å²) in [5.41, 5.74) is 6.98. The molecule has 0 saturated carbocycles. The molecule has 0 bridgehead atoms. The van der Waals surface area contributed by atoms with Crippen LogP contribution in [0.3, 0.4) is 0 Å². The van der Waals surface area contributed by atoms with Gasteiger partial charge in [-0.3, -0.25) is 0 Å². The van der Waals surface area contributed by atoms with Gasteiger partial charge in [0.1, 0.15) is 17.3 Å². The zero-order valence-corrected chi connectivity index (χ0v) is 10.8. The van der Waals surface area contributed by atoms with Crippen molar-refractivity contribution in [2.24, 2.45) is 5.73 Å². The van der Waals surface area contributed by atoms with Gasteiger partial charge in [0.2, 0.25) is 0 Å². The molecule has 3 heteroatoms. The van der Waals surface area contributed by atoms with E-state index in [2.05, 4.69) is 6.92 Å².